The summed E-state index contributed by atoms with van der Waals surface area (Å²) in [6.45, 7) is 0. The van der Waals surface area contributed by atoms with Crippen LogP contribution >= 0.6 is 11.5 Å². The van der Waals surface area contributed by atoms with Crippen molar-refractivity contribution in [1.82, 2.24) is 4.37 Å². The lowest BCUT2D eigenvalue weighted by Gasteiger charge is -2.00. The summed E-state index contributed by atoms with van der Waals surface area (Å²) in [5.41, 5.74) is -0.0516. The Kier molecular flexibility index (Phi) is 2.17. The minimum atomic E-state index is -0.669. The Balaban J connectivity index is 2.67. The summed E-state index contributed by atoms with van der Waals surface area (Å²) in [6.07, 6.45) is 1.56. The standard InChI is InChI=1S/C9H6FNO2S/c1-13-9(12)6-3-2-5-4-11-14-8(5)7(6)10/h2-4H,1H3. The lowest BCUT2D eigenvalue weighted by atomic mass is 10.2. The fourth-order valence-electron chi connectivity index (χ4n) is 1.17. The van der Waals surface area contributed by atoms with E-state index in [0.29, 0.717) is 10.1 Å². The van der Waals surface area contributed by atoms with Gasteiger partial charge in [0.1, 0.15) is 0 Å². The number of rotatable bonds is 1. The van der Waals surface area contributed by atoms with Crippen molar-refractivity contribution in [2.24, 2.45) is 0 Å². The number of nitrogens with zero attached hydrogens (tertiary/aromatic N) is 1. The van der Waals surface area contributed by atoms with Gasteiger partial charge in [-0.2, -0.15) is 4.37 Å². The van der Waals surface area contributed by atoms with E-state index in [-0.39, 0.29) is 5.56 Å². The maximum atomic E-state index is 13.6. The second-order valence-electron chi connectivity index (χ2n) is 2.66. The van der Waals surface area contributed by atoms with Crippen molar-refractivity contribution < 1.29 is 13.9 Å². The Morgan fingerprint density at radius 3 is 3.07 bits per heavy atom. The fourth-order valence-corrected chi connectivity index (χ4v) is 1.86. The molecule has 0 aliphatic heterocycles. The van der Waals surface area contributed by atoms with Gasteiger partial charge in [-0.3, -0.25) is 0 Å². The molecule has 14 heavy (non-hydrogen) atoms. The zero-order valence-electron chi connectivity index (χ0n) is 7.28. The van der Waals surface area contributed by atoms with E-state index in [2.05, 4.69) is 9.11 Å². The van der Waals surface area contributed by atoms with E-state index in [1.54, 1.807) is 12.3 Å². The number of aromatic nitrogens is 1. The molecule has 0 aliphatic rings. The zero-order chi connectivity index (χ0) is 10.1. The van der Waals surface area contributed by atoms with Gasteiger partial charge in [0.15, 0.2) is 5.82 Å². The van der Waals surface area contributed by atoms with Gasteiger partial charge in [-0.1, -0.05) is 6.07 Å². The lowest BCUT2D eigenvalue weighted by molar-refractivity contribution is 0.0596. The molecule has 0 N–H and O–H groups in total. The van der Waals surface area contributed by atoms with Crippen molar-refractivity contribution in [3.8, 4) is 0 Å². The Hall–Kier alpha value is -1.49. The number of methoxy groups -OCH3 is 1. The Bertz CT molecular complexity index is 495. The minimum Gasteiger partial charge on any atom is -0.465 e. The first-order valence-electron chi connectivity index (χ1n) is 3.85. The number of esters is 1. The average molecular weight is 211 g/mol. The van der Waals surface area contributed by atoms with Gasteiger partial charge in [-0.05, 0) is 17.6 Å². The van der Waals surface area contributed by atoms with Crippen LogP contribution in [-0.4, -0.2) is 17.5 Å². The normalized spacial score (nSPS) is 10.4. The highest BCUT2D eigenvalue weighted by molar-refractivity contribution is 7.13. The SMILES string of the molecule is COC(=O)c1ccc2cnsc2c1F. The second-order valence-corrected chi connectivity index (χ2v) is 3.46. The predicted octanol–water partition coefficient (Wildman–Crippen LogP) is 2.22. The molecule has 2 rings (SSSR count). The number of hydrogen-bond donors (Lipinski definition) is 0. The Morgan fingerprint density at radius 2 is 2.36 bits per heavy atom. The molecular weight excluding hydrogens is 205 g/mol. The first-order chi connectivity index (χ1) is 6.74. The first kappa shape index (κ1) is 9.08. The topological polar surface area (TPSA) is 39.2 Å². The molecule has 1 aromatic heterocycles. The lowest BCUT2D eigenvalue weighted by Crippen LogP contribution is -2.03. The van der Waals surface area contributed by atoms with Gasteiger partial charge in [0.25, 0.3) is 0 Å². The summed E-state index contributed by atoms with van der Waals surface area (Å²) in [7, 11) is 1.22. The monoisotopic (exact) mass is 211 g/mol. The van der Waals surface area contributed by atoms with Crippen LogP contribution in [0.3, 0.4) is 0 Å². The van der Waals surface area contributed by atoms with Gasteiger partial charge in [0.05, 0.1) is 17.4 Å². The third-order valence-electron chi connectivity index (χ3n) is 1.87. The van der Waals surface area contributed by atoms with E-state index in [4.69, 9.17) is 0 Å². The zero-order valence-corrected chi connectivity index (χ0v) is 8.10. The molecule has 0 radical (unpaired) electrons. The highest BCUT2D eigenvalue weighted by Crippen LogP contribution is 2.24. The van der Waals surface area contributed by atoms with Crippen LogP contribution in [-0.2, 0) is 4.74 Å². The van der Waals surface area contributed by atoms with Crippen LogP contribution < -0.4 is 0 Å². The van der Waals surface area contributed by atoms with Crippen molar-refractivity contribution in [2.75, 3.05) is 7.11 Å². The van der Waals surface area contributed by atoms with Gasteiger partial charge >= 0.3 is 5.97 Å². The molecular formula is C9H6FNO2S. The van der Waals surface area contributed by atoms with Crippen LogP contribution in [0.15, 0.2) is 18.3 Å². The molecule has 2 aromatic rings. The van der Waals surface area contributed by atoms with Crippen molar-refractivity contribution in [3.05, 3.63) is 29.7 Å². The molecule has 1 aromatic carbocycles. The van der Waals surface area contributed by atoms with Crippen molar-refractivity contribution in [2.45, 2.75) is 0 Å². The van der Waals surface area contributed by atoms with Crippen molar-refractivity contribution >= 4 is 27.6 Å². The van der Waals surface area contributed by atoms with E-state index in [0.717, 1.165) is 11.5 Å². The number of carbonyl (C=O) groups is 1. The van der Waals surface area contributed by atoms with Gasteiger partial charge in [-0.15, -0.1) is 0 Å². The van der Waals surface area contributed by atoms with Crippen LogP contribution in [0.4, 0.5) is 4.39 Å². The van der Waals surface area contributed by atoms with E-state index in [1.807, 2.05) is 0 Å². The molecule has 3 nitrogen and oxygen atoms in total. The van der Waals surface area contributed by atoms with Crippen LogP contribution in [0.2, 0.25) is 0 Å². The number of carbonyl (C=O) groups excluding carboxylic acids is 1. The molecule has 0 atom stereocenters. The molecule has 0 unspecified atom stereocenters. The van der Waals surface area contributed by atoms with Gasteiger partial charge in [0, 0.05) is 11.6 Å². The van der Waals surface area contributed by atoms with Crippen LogP contribution in [0.1, 0.15) is 10.4 Å². The van der Waals surface area contributed by atoms with Crippen LogP contribution in [0.5, 0.6) is 0 Å². The number of benzene rings is 1. The summed E-state index contributed by atoms with van der Waals surface area (Å²) in [6, 6.07) is 3.05. The fraction of sp³-hybridized carbons (Fsp3) is 0.111. The van der Waals surface area contributed by atoms with Gasteiger partial charge < -0.3 is 4.74 Å². The van der Waals surface area contributed by atoms with Crippen molar-refractivity contribution in [3.63, 3.8) is 0 Å². The predicted molar refractivity (Wildman–Crippen MR) is 50.9 cm³/mol. The Labute approximate surface area is 83.3 Å². The largest absolute Gasteiger partial charge is 0.465 e. The van der Waals surface area contributed by atoms with E-state index in [9.17, 15) is 9.18 Å². The first-order valence-corrected chi connectivity index (χ1v) is 4.62. The third-order valence-corrected chi connectivity index (χ3v) is 2.68. The number of hydrogen-bond acceptors (Lipinski definition) is 4. The summed E-state index contributed by atoms with van der Waals surface area (Å²) in [5, 5.41) is 0.695. The minimum absolute atomic E-state index is 0.0516. The molecule has 0 saturated heterocycles. The average Bonchev–Trinajstić information content (AvgIpc) is 2.66. The molecule has 0 spiro atoms. The van der Waals surface area contributed by atoms with Crippen molar-refractivity contribution in [1.29, 1.82) is 0 Å². The summed E-state index contributed by atoms with van der Waals surface area (Å²) in [4.78, 5) is 11.1. The van der Waals surface area contributed by atoms with Crippen LogP contribution in [0.25, 0.3) is 10.1 Å². The molecule has 0 amide bonds. The summed E-state index contributed by atoms with van der Waals surface area (Å²) >= 11 is 1.02. The maximum Gasteiger partial charge on any atom is 0.340 e. The quantitative estimate of drug-likeness (QED) is 0.679. The number of ether oxygens (including phenoxy) is 1. The van der Waals surface area contributed by atoms with Gasteiger partial charge in [0.2, 0.25) is 0 Å². The Morgan fingerprint density at radius 1 is 1.57 bits per heavy atom. The molecule has 72 valence electrons. The molecule has 0 fully saturated rings. The highest BCUT2D eigenvalue weighted by Gasteiger charge is 2.15. The molecule has 0 bridgehead atoms. The molecule has 1 heterocycles. The van der Waals surface area contributed by atoms with Gasteiger partial charge in [-0.25, -0.2) is 9.18 Å². The summed E-state index contributed by atoms with van der Waals surface area (Å²) in [5.74, 6) is -1.23. The van der Waals surface area contributed by atoms with E-state index >= 15 is 0 Å². The van der Waals surface area contributed by atoms with E-state index in [1.165, 1.54) is 13.2 Å². The molecule has 0 aliphatic carbocycles. The highest BCUT2D eigenvalue weighted by atomic mass is 32.1. The summed E-state index contributed by atoms with van der Waals surface area (Å²) < 4.78 is 22.3. The number of halogens is 1. The maximum absolute atomic E-state index is 13.6. The second kappa shape index (κ2) is 3.34. The van der Waals surface area contributed by atoms with E-state index < -0.39 is 11.8 Å². The van der Waals surface area contributed by atoms with Crippen LogP contribution in [0, 0.1) is 5.82 Å². The smallest absolute Gasteiger partial charge is 0.340 e. The third kappa shape index (κ3) is 1.26. The molecule has 0 saturated carbocycles. The number of fused-ring (bicyclic) bond motifs is 1. The molecule has 5 heteroatoms.